The third-order valence-electron chi connectivity index (χ3n) is 1.81. The molecule has 0 N–H and O–H groups in total. The van der Waals surface area contributed by atoms with Gasteiger partial charge in [-0.25, -0.2) is 8.78 Å². The molecule has 0 bridgehead atoms. The lowest BCUT2D eigenvalue weighted by molar-refractivity contribution is 0.584. The zero-order valence-corrected chi connectivity index (χ0v) is 9.51. The van der Waals surface area contributed by atoms with Crippen LogP contribution in [0.4, 0.5) is 14.5 Å². The predicted molar refractivity (Wildman–Crippen MR) is 58.7 cm³/mol. The van der Waals surface area contributed by atoms with Crippen molar-refractivity contribution in [2.45, 2.75) is 5.50 Å². The van der Waals surface area contributed by atoms with Gasteiger partial charge in [-0.05, 0) is 24.1 Å². The molecule has 1 aliphatic rings. The summed E-state index contributed by atoms with van der Waals surface area (Å²) in [4.78, 5) is 0. The van der Waals surface area contributed by atoms with Crippen LogP contribution in [0.15, 0.2) is 23.2 Å². The fourth-order valence-electron chi connectivity index (χ4n) is 1.15. The molecule has 6 heteroatoms. The highest BCUT2D eigenvalue weighted by Crippen LogP contribution is 2.40. The highest BCUT2D eigenvalue weighted by Gasteiger charge is 2.30. The topological polar surface area (TPSA) is 3.24 Å². The third kappa shape index (κ3) is 1.94. The van der Waals surface area contributed by atoms with Gasteiger partial charge in [0.15, 0.2) is 5.50 Å². The molecule has 1 aromatic rings. The van der Waals surface area contributed by atoms with Crippen LogP contribution in [0.5, 0.6) is 0 Å². The van der Waals surface area contributed by atoms with Gasteiger partial charge in [-0.2, -0.15) is 0 Å². The van der Waals surface area contributed by atoms with E-state index in [1.165, 1.54) is 10.4 Å². The van der Waals surface area contributed by atoms with Crippen molar-refractivity contribution in [1.82, 2.24) is 0 Å². The van der Waals surface area contributed by atoms with Crippen molar-refractivity contribution in [2.24, 2.45) is 0 Å². The van der Waals surface area contributed by atoms with E-state index in [1.54, 1.807) is 0 Å². The summed E-state index contributed by atoms with van der Waals surface area (Å²) in [7, 11) is 0. The fraction of sp³-hybridized carbons (Fsp3) is 0.111. The summed E-state index contributed by atoms with van der Waals surface area (Å²) in [6.07, 6.45) is 0. The summed E-state index contributed by atoms with van der Waals surface area (Å²) >= 11 is 12.5. The Labute approximate surface area is 99.8 Å². The number of anilines is 1. The standard InChI is InChI=1S/C9H4Cl2F2NS/c10-5-4-15-14(9(5)11)8-6(12)2-1-3-7(8)13/h1-3,9H. The number of hydrogen-bond acceptors (Lipinski definition) is 2. The van der Waals surface area contributed by atoms with Crippen molar-refractivity contribution >= 4 is 40.8 Å². The van der Waals surface area contributed by atoms with Gasteiger partial charge in [-0.1, -0.05) is 29.3 Å². The Bertz CT molecular complexity index is 404. The summed E-state index contributed by atoms with van der Waals surface area (Å²) in [6.45, 7) is 0. The average Bonchev–Trinajstić information content (AvgIpc) is 2.49. The molecule has 1 aliphatic heterocycles. The van der Waals surface area contributed by atoms with E-state index >= 15 is 0 Å². The Balaban J connectivity index is 2.40. The lowest BCUT2D eigenvalue weighted by Crippen LogP contribution is -2.21. The van der Waals surface area contributed by atoms with Gasteiger partial charge < -0.3 is 0 Å². The van der Waals surface area contributed by atoms with Gasteiger partial charge in [-0.15, -0.1) is 0 Å². The normalized spacial score (nSPS) is 20.7. The van der Waals surface area contributed by atoms with Crippen LogP contribution in [-0.2, 0) is 0 Å². The van der Waals surface area contributed by atoms with Crippen LogP contribution in [-0.4, -0.2) is 5.50 Å². The zero-order chi connectivity index (χ0) is 11.0. The number of alkyl halides is 1. The van der Waals surface area contributed by atoms with Gasteiger partial charge in [0, 0.05) is 0 Å². The monoisotopic (exact) mass is 266 g/mol. The average molecular weight is 267 g/mol. The maximum absolute atomic E-state index is 13.4. The molecular formula is C9H4Cl2F2NS. The third-order valence-corrected chi connectivity index (χ3v) is 3.77. The molecular weight excluding hydrogens is 263 g/mol. The minimum Gasteiger partial charge on any atom is -0.284 e. The van der Waals surface area contributed by atoms with Gasteiger partial charge >= 0.3 is 0 Å². The fourth-order valence-corrected chi connectivity index (χ4v) is 2.51. The lowest BCUT2D eigenvalue weighted by Gasteiger charge is -2.21. The highest BCUT2D eigenvalue weighted by atomic mass is 35.5. The molecule has 1 radical (unpaired) electrons. The van der Waals surface area contributed by atoms with Crippen LogP contribution < -0.4 is 4.31 Å². The van der Waals surface area contributed by atoms with E-state index in [0.717, 1.165) is 24.1 Å². The molecule has 0 saturated carbocycles. The minimum atomic E-state index is -0.789. The van der Waals surface area contributed by atoms with Gasteiger partial charge in [0.25, 0.3) is 0 Å². The maximum atomic E-state index is 13.4. The Kier molecular flexibility index (Phi) is 3.09. The molecule has 1 nitrogen and oxygen atoms in total. The van der Waals surface area contributed by atoms with Crippen molar-refractivity contribution in [3.05, 3.63) is 40.3 Å². The molecule has 0 aliphatic carbocycles. The number of para-hydroxylation sites is 1. The van der Waals surface area contributed by atoms with Crippen molar-refractivity contribution in [3.8, 4) is 0 Å². The van der Waals surface area contributed by atoms with E-state index in [4.69, 9.17) is 23.2 Å². The number of benzene rings is 1. The lowest BCUT2D eigenvalue weighted by atomic mass is 10.3. The molecule has 15 heavy (non-hydrogen) atoms. The minimum absolute atomic E-state index is 0.203. The second-order valence-corrected chi connectivity index (χ2v) is 4.37. The Hall–Kier alpha value is -0.450. The van der Waals surface area contributed by atoms with Crippen LogP contribution in [0.3, 0.4) is 0 Å². The SMILES string of the molecule is Fc1cccc(F)c1N1S[C]=C(Cl)C1Cl. The molecule has 79 valence electrons. The summed E-state index contributed by atoms with van der Waals surface area (Å²) in [6, 6.07) is 3.61. The van der Waals surface area contributed by atoms with Gasteiger partial charge in [0.1, 0.15) is 17.3 Å². The molecule has 2 rings (SSSR count). The molecule has 1 atom stereocenters. The van der Waals surface area contributed by atoms with E-state index in [0.29, 0.717) is 0 Å². The summed E-state index contributed by atoms with van der Waals surface area (Å²) in [5, 5.41) is 2.86. The Morgan fingerprint density at radius 1 is 1.33 bits per heavy atom. The van der Waals surface area contributed by atoms with E-state index in [9.17, 15) is 8.78 Å². The number of halogens is 4. The maximum Gasteiger partial charge on any atom is 0.152 e. The molecule has 0 spiro atoms. The smallest absolute Gasteiger partial charge is 0.152 e. The Morgan fingerprint density at radius 3 is 2.40 bits per heavy atom. The molecule has 0 saturated heterocycles. The van der Waals surface area contributed by atoms with Crippen molar-refractivity contribution in [2.75, 3.05) is 4.31 Å². The number of nitrogens with zero attached hydrogens (tertiary/aromatic N) is 1. The van der Waals surface area contributed by atoms with Gasteiger partial charge in [0.2, 0.25) is 0 Å². The molecule has 1 heterocycles. The molecule has 0 amide bonds. The van der Waals surface area contributed by atoms with Crippen molar-refractivity contribution in [1.29, 1.82) is 0 Å². The van der Waals surface area contributed by atoms with E-state index in [-0.39, 0.29) is 10.7 Å². The van der Waals surface area contributed by atoms with Crippen LogP contribution in [0.1, 0.15) is 0 Å². The molecule has 1 unspecified atom stereocenters. The van der Waals surface area contributed by atoms with Crippen molar-refractivity contribution in [3.63, 3.8) is 0 Å². The quantitative estimate of drug-likeness (QED) is 0.431. The van der Waals surface area contributed by atoms with Crippen LogP contribution in [0, 0.1) is 17.0 Å². The first-order chi connectivity index (χ1) is 7.11. The molecule has 0 fully saturated rings. The summed E-state index contributed by atoms with van der Waals surface area (Å²) in [5.41, 5.74) is -0.992. The predicted octanol–water partition coefficient (Wildman–Crippen LogP) is 3.88. The van der Waals surface area contributed by atoms with Crippen LogP contribution in [0.2, 0.25) is 0 Å². The van der Waals surface area contributed by atoms with Crippen LogP contribution in [0.25, 0.3) is 0 Å². The highest BCUT2D eigenvalue weighted by molar-refractivity contribution is 8.02. The summed E-state index contributed by atoms with van der Waals surface area (Å²) < 4.78 is 28.0. The van der Waals surface area contributed by atoms with E-state index in [1.807, 2.05) is 0 Å². The van der Waals surface area contributed by atoms with E-state index < -0.39 is 17.1 Å². The first kappa shape index (κ1) is 11.0. The second kappa shape index (κ2) is 4.20. The Morgan fingerprint density at radius 2 is 1.93 bits per heavy atom. The first-order valence-corrected chi connectivity index (χ1v) is 5.52. The van der Waals surface area contributed by atoms with E-state index in [2.05, 4.69) is 5.41 Å². The summed E-state index contributed by atoms with van der Waals surface area (Å²) in [5.74, 6) is -1.36. The first-order valence-electron chi connectivity index (χ1n) is 3.94. The van der Waals surface area contributed by atoms with Crippen molar-refractivity contribution < 1.29 is 8.78 Å². The number of rotatable bonds is 1. The largest absolute Gasteiger partial charge is 0.284 e. The molecule has 1 aromatic carbocycles. The van der Waals surface area contributed by atoms with Gasteiger partial charge in [-0.3, -0.25) is 4.31 Å². The zero-order valence-electron chi connectivity index (χ0n) is 7.18. The molecule has 0 aromatic heterocycles. The van der Waals surface area contributed by atoms with Crippen LogP contribution >= 0.6 is 35.1 Å². The van der Waals surface area contributed by atoms with Gasteiger partial charge in [0.05, 0.1) is 10.4 Å². The number of hydrogen-bond donors (Lipinski definition) is 0. The second-order valence-electron chi connectivity index (χ2n) is 2.77.